The molecule has 7 heteroatoms. The summed E-state index contributed by atoms with van der Waals surface area (Å²) in [5, 5.41) is 6.17. The maximum absolute atomic E-state index is 12.3. The molecule has 122 valence electrons. The minimum absolute atomic E-state index is 0.287. The Balaban J connectivity index is 1.82. The summed E-state index contributed by atoms with van der Waals surface area (Å²) in [5.41, 5.74) is 3.61. The quantitative estimate of drug-likeness (QED) is 0.666. The lowest BCUT2D eigenvalue weighted by molar-refractivity contribution is 0.102. The molecule has 0 unspecified atom stereocenters. The minimum atomic E-state index is -0.287. The zero-order valence-electron chi connectivity index (χ0n) is 12.9. The van der Waals surface area contributed by atoms with E-state index in [1.54, 1.807) is 24.3 Å². The number of nitrogens with zero attached hydrogens (tertiary/aromatic N) is 2. The van der Waals surface area contributed by atoms with Crippen LogP contribution < -0.4 is 5.32 Å². The van der Waals surface area contributed by atoms with Crippen LogP contribution in [0.3, 0.4) is 0 Å². The third-order valence-electron chi connectivity index (χ3n) is 3.26. The first-order valence-corrected chi connectivity index (χ1v) is 8.73. The molecule has 0 saturated carbocycles. The molecule has 1 amide bonds. The van der Waals surface area contributed by atoms with Crippen LogP contribution in [0.15, 0.2) is 35.7 Å². The number of benzene rings is 1. The zero-order chi connectivity index (χ0) is 17.3. The Bertz CT molecular complexity index is 904. The van der Waals surface area contributed by atoms with Crippen LogP contribution in [0.2, 0.25) is 10.0 Å². The van der Waals surface area contributed by atoms with Crippen molar-refractivity contribution in [1.82, 2.24) is 9.97 Å². The van der Waals surface area contributed by atoms with Gasteiger partial charge in [-0.25, -0.2) is 9.97 Å². The number of hydrogen-bond acceptors (Lipinski definition) is 4. The van der Waals surface area contributed by atoms with Gasteiger partial charge in [0.1, 0.15) is 5.69 Å². The number of carbonyl (C=O) groups is 1. The molecule has 2 aromatic heterocycles. The highest BCUT2D eigenvalue weighted by molar-refractivity contribution is 7.14. The van der Waals surface area contributed by atoms with E-state index in [0.29, 0.717) is 26.6 Å². The fourth-order valence-corrected chi connectivity index (χ4v) is 3.48. The number of hydrogen-bond donors (Lipinski definition) is 1. The standard InChI is InChI=1S/C17H13Cl2N3OS/c1-9-5-10(2)20-14(6-9)16(23)22-17-21-15(8-24-17)12-4-3-11(18)7-13(12)19/h3-8H,1-2H3,(H,21,22,23). The van der Waals surface area contributed by atoms with Crippen LogP contribution in [0.1, 0.15) is 21.7 Å². The first-order valence-electron chi connectivity index (χ1n) is 7.10. The number of aryl methyl sites for hydroxylation is 2. The predicted octanol–water partition coefficient (Wildman–Crippen LogP) is 5.38. The number of pyridine rings is 1. The molecule has 2 heterocycles. The van der Waals surface area contributed by atoms with Gasteiger partial charge in [0.25, 0.3) is 5.91 Å². The van der Waals surface area contributed by atoms with Crippen molar-refractivity contribution in [3.05, 3.63) is 62.7 Å². The summed E-state index contributed by atoms with van der Waals surface area (Å²) in [6.45, 7) is 3.78. The Hall–Kier alpha value is -1.95. The van der Waals surface area contributed by atoms with Crippen molar-refractivity contribution in [3.63, 3.8) is 0 Å². The second-order valence-electron chi connectivity index (χ2n) is 5.29. The number of rotatable bonds is 3. The summed E-state index contributed by atoms with van der Waals surface area (Å²) in [6.07, 6.45) is 0. The third-order valence-corrected chi connectivity index (χ3v) is 4.57. The second kappa shape index (κ2) is 6.89. The van der Waals surface area contributed by atoms with Crippen molar-refractivity contribution in [1.29, 1.82) is 0 Å². The number of amides is 1. The van der Waals surface area contributed by atoms with Crippen LogP contribution in [0.4, 0.5) is 5.13 Å². The van der Waals surface area contributed by atoms with Crippen molar-refractivity contribution >= 4 is 45.6 Å². The maximum Gasteiger partial charge on any atom is 0.276 e. The zero-order valence-corrected chi connectivity index (χ0v) is 15.3. The average molecular weight is 378 g/mol. The third kappa shape index (κ3) is 3.75. The van der Waals surface area contributed by atoms with Gasteiger partial charge in [0, 0.05) is 21.7 Å². The monoisotopic (exact) mass is 377 g/mol. The van der Waals surface area contributed by atoms with Crippen LogP contribution in [-0.2, 0) is 0 Å². The van der Waals surface area contributed by atoms with E-state index in [1.165, 1.54) is 11.3 Å². The fourth-order valence-electron chi connectivity index (χ4n) is 2.27. The molecule has 0 radical (unpaired) electrons. The second-order valence-corrected chi connectivity index (χ2v) is 6.99. The van der Waals surface area contributed by atoms with E-state index in [0.717, 1.165) is 16.8 Å². The maximum atomic E-state index is 12.3. The smallest absolute Gasteiger partial charge is 0.276 e. The molecule has 24 heavy (non-hydrogen) atoms. The Morgan fingerprint density at radius 2 is 1.92 bits per heavy atom. The average Bonchev–Trinajstić information content (AvgIpc) is 2.94. The van der Waals surface area contributed by atoms with Crippen LogP contribution in [-0.4, -0.2) is 15.9 Å². The van der Waals surface area contributed by atoms with Crippen LogP contribution in [0, 0.1) is 13.8 Å². The number of carbonyl (C=O) groups excluding carboxylic acids is 1. The van der Waals surface area contributed by atoms with E-state index >= 15 is 0 Å². The van der Waals surface area contributed by atoms with E-state index in [4.69, 9.17) is 23.2 Å². The molecule has 0 bridgehead atoms. The lowest BCUT2D eigenvalue weighted by Gasteiger charge is -2.04. The molecule has 4 nitrogen and oxygen atoms in total. The van der Waals surface area contributed by atoms with Gasteiger partial charge in [0.15, 0.2) is 5.13 Å². The SMILES string of the molecule is Cc1cc(C)nc(C(=O)Nc2nc(-c3ccc(Cl)cc3Cl)cs2)c1. The summed E-state index contributed by atoms with van der Waals surface area (Å²) < 4.78 is 0. The van der Waals surface area contributed by atoms with Crippen molar-refractivity contribution in [2.24, 2.45) is 0 Å². The van der Waals surface area contributed by atoms with E-state index in [9.17, 15) is 4.79 Å². The molecule has 0 saturated heterocycles. The van der Waals surface area contributed by atoms with Crippen LogP contribution in [0.25, 0.3) is 11.3 Å². The molecule has 0 aliphatic carbocycles. The molecule has 0 fully saturated rings. The molecule has 0 aliphatic rings. The number of halogens is 2. The molecule has 1 aromatic carbocycles. The molecular formula is C17H13Cl2N3OS. The first-order chi connectivity index (χ1) is 11.4. The largest absolute Gasteiger partial charge is 0.296 e. The molecular weight excluding hydrogens is 365 g/mol. The van der Waals surface area contributed by atoms with E-state index in [-0.39, 0.29) is 5.91 Å². The Kier molecular flexibility index (Phi) is 4.85. The minimum Gasteiger partial charge on any atom is -0.296 e. The van der Waals surface area contributed by atoms with Gasteiger partial charge >= 0.3 is 0 Å². The van der Waals surface area contributed by atoms with Crippen molar-refractivity contribution < 1.29 is 4.79 Å². The van der Waals surface area contributed by atoms with Crippen molar-refractivity contribution in [3.8, 4) is 11.3 Å². The molecule has 3 rings (SSSR count). The molecule has 0 atom stereocenters. The van der Waals surface area contributed by atoms with Gasteiger partial charge in [-0.1, -0.05) is 23.2 Å². The molecule has 0 aliphatic heterocycles. The topological polar surface area (TPSA) is 54.9 Å². The van der Waals surface area contributed by atoms with Crippen molar-refractivity contribution in [2.45, 2.75) is 13.8 Å². The van der Waals surface area contributed by atoms with Crippen LogP contribution >= 0.6 is 34.5 Å². The van der Waals surface area contributed by atoms with Gasteiger partial charge in [-0.05, 0) is 49.7 Å². The molecule has 3 aromatic rings. The van der Waals surface area contributed by atoms with E-state index in [1.807, 2.05) is 25.3 Å². The predicted molar refractivity (Wildman–Crippen MR) is 99.2 cm³/mol. The Labute approximate surface area is 153 Å². The summed E-state index contributed by atoms with van der Waals surface area (Å²) in [7, 11) is 0. The number of aromatic nitrogens is 2. The van der Waals surface area contributed by atoms with Gasteiger partial charge in [0.2, 0.25) is 0 Å². The first kappa shape index (κ1) is 16.9. The highest BCUT2D eigenvalue weighted by Gasteiger charge is 2.13. The van der Waals surface area contributed by atoms with E-state index < -0.39 is 0 Å². The highest BCUT2D eigenvalue weighted by Crippen LogP contribution is 2.32. The number of nitrogens with one attached hydrogen (secondary N) is 1. The van der Waals surface area contributed by atoms with Crippen molar-refractivity contribution in [2.75, 3.05) is 5.32 Å². The highest BCUT2D eigenvalue weighted by atomic mass is 35.5. The number of thiazole rings is 1. The Morgan fingerprint density at radius 3 is 2.62 bits per heavy atom. The normalized spacial score (nSPS) is 10.7. The lowest BCUT2D eigenvalue weighted by Crippen LogP contribution is -2.14. The summed E-state index contributed by atoms with van der Waals surface area (Å²) >= 11 is 13.4. The molecule has 0 spiro atoms. The van der Waals surface area contributed by atoms with Gasteiger partial charge in [-0.15, -0.1) is 11.3 Å². The molecule has 1 N–H and O–H groups in total. The van der Waals surface area contributed by atoms with E-state index in [2.05, 4.69) is 15.3 Å². The number of anilines is 1. The Morgan fingerprint density at radius 1 is 1.12 bits per heavy atom. The lowest BCUT2D eigenvalue weighted by atomic mass is 10.2. The summed E-state index contributed by atoms with van der Waals surface area (Å²) in [6, 6.07) is 8.87. The van der Waals surface area contributed by atoms with Gasteiger partial charge in [-0.3, -0.25) is 10.1 Å². The van der Waals surface area contributed by atoms with Gasteiger partial charge in [-0.2, -0.15) is 0 Å². The van der Waals surface area contributed by atoms with Crippen LogP contribution in [0.5, 0.6) is 0 Å². The fraction of sp³-hybridized carbons (Fsp3) is 0.118. The summed E-state index contributed by atoms with van der Waals surface area (Å²) in [5.74, 6) is -0.287. The summed E-state index contributed by atoms with van der Waals surface area (Å²) in [4.78, 5) is 21.0. The van der Waals surface area contributed by atoms with Gasteiger partial charge < -0.3 is 0 Å². The van der Waals surface area contributed by atoms with Gasteiger partial charge in [0.05, 0.1) is 10.7 Å².